The average molecular weight is 474 g/mol. The van der Waals surface area contributed by atoms with E-state index in [2.05, 4.69) is 0 Å². The highest BCUT2D eigenvalue weighted by Crippen LogP contribution is 2.30. The van der Waals surface area contributed by atoms with Crippen LogP contribution in [0.4, 0.5) is 0 Å². The van der Waals surface area contributed by atoms with Crippen LogP contribution in [0.1, 0.15) is 0 Å². The third kappa shape index (κ3) is 5.07. The Morgan fingerprint density at radius 3 is 1.69 bits per heavy atom. The van der Waals surface area contributed by atoms with Crippen molar-refractivity contribution in [1.82, 2.24) is 0 Å². The van der Waals surface area contributed by atoms with Gasteiger partial charge in [-0.15, -0.1) is 0 Å². The maximum atomic E-state index is 10.5. The van der Waals surface area contributed by atoms with Crippen molar-refractivity contribution in [3.63, 3.8) is 0 Å². The van der Waals surface area contributed by atoms with Gasteiger partial charge < -0.3 is 74.7 Å². The van der Waals surface area contributed by atoms with Crippen molar-refractivity contribution in [3.8, 4) is 0 Å². The van der Waals surface area contributed by atoms with Crippen molar-refractivity contribution >= 4 is 0 Å². The van der Waals surface area contributed by atoms with Crippen LogP contribution in [0, 0.1) is 0 Å². The SMILES string of the molecule is OCC1OC(OC2C(CO)OC(OCC3OC(O)C(O)C(O)C3O)C(O)C2O)C(O)C1O. The van der Waals surface area contributed by atoms with Crippen LogP contribution in [-0.2, 0) is 23.7 Å². The predicted octanol–water partition coefficient (Wildman–Crippen LogP) is -6.93. The second-order valence-corrected chi connectivity index (χ2v) is 7.88. The van der Waals surface area contributed by atoms with Gasteiger partial charge in [-0.2, -0.15) is 0 Å². The van der Waals surface area contributed by atoms with Gasteiger partial charge in [-0.1, -0.05) is 0 Å². The van der Waals surface area contributed by atoms with E-state index in [0.717, 1.165) is 0 Å². The quantitative estimate of drug-likeness (QED) is 0.165. The van der Waals surface area contributed by atoms with E-state index in [1.165, 1.54) is 0 Å². The zero-order valence-corrected chi connectivity index (χ0v) is 16.7. The summed E-state index contributed by atoms with van der Waals surface area (Å²) in [5, 5.41) is 98.1. The summed E-state index contributed by atoms with van der Waals surface area (Å²) < 4.78 is 26.2. The Kier molecular flexibility index (Phi) is 8.75. The summed E-state index contributed by atoms with van der Waals surface area (Å²) in [6, 6.07) is 0. The third-order valence-electron chi connectivity index (χ3n) is 5.72. The minimum absolute atomic E-state index is 0.547. The lowest BCUT2D eigenvalue weighted by Crippen LogP contribution is -2.62. The van der Waals surface area contributed by atoms with E-state index >= 15 is 0 Å². The molecule has 0 spiro atoms. The van der Waals surface area contributed by atoms with Crippen LogP contribution in [0.3, 0.4) is 0 Å². The number of rotatable bonds is 7. The van der Waals surface area contributed by atoms with Gasteiger partial charge in [0.25, 0.3) is 0 Å². The number of aliphatic hydroxyl groups is 10. The van der Waals surface area contributed by atoms with Gasteiger partial charge in [0.1, 0.15) is 67.1 Å². The van der Waals surface area contributed by atoms with Crippen LogP contribution in [0.5, 0.6) is 0 Å². The largest absolute Gasteiger partial charge is 0.394 e. The zero-order chi connectivity index (χ0) is 23.7. The molecule has 3 aliphatic heterocycles. The highest BCUT2D eigenvalue weighted by molar-refractivity contribution is 4.94. The van der Waals surface area contributed by atoms with E-state index in [0.29, 0.717) is 0 Å². The fraction of sp³-hybridized carbons (Fsp3) is 1.00. The Morgan fingerprint density at radius 2 is 1.09 bits per heavy atom. The van der Waals surface area contributed by atoms with Crippen molar-refractivity contribution in [1.29, 1.82) is 0 Å². The van der Waals surface area contributed by atoms with E-state index < -0.39 is 106 Å². The molecule has 10 N–H and O–H groups in total. The minimum Gasteiger partial charge on any atom is -0.394 e. The van der Waals surface area contributed by atoms with Gasteiger partial charge in [-0.25, -0.2) is 0 Å². The molecule has 14 unspecified atom stereocenters. The first-order chi connectivity index (χ1) is 15.1. The lowest BCUT2D eigenvalue weighted by atomic mass is 9.98. The van der Waals surface area contributed by atoms with Crippen LogP contribution in [0.2, 0.25) is 0 Å². The van der Waals surface area contributed by atoms with E-state index in [4.69, 9.17) is 28.8 Å². The van der Waals surface area contributed by atoms with Crippen LogP contribution >= 0.6 is 0 Å². The Hall–Kier alpha value is -0.600. The molecule has 32 heavy (non-hydrogen) atoms. The summed E-state index contributed by atoms with van der Waals surface area (Å²) in [5.41, 5.74) is 0. The molecular weight excluding hydrogens is 444 g/mol. The maximum absolute atomic E-state index is 10.5. The molecule has 3 saturated heterocycles. The van der Waals surface area contributed by atoms with Gasteiger partial charge in [0.15, 0.2) is 18.9 Å². The van der Waals surface area contributed by atoms with Gasteiger partial charge >= 0.3 is 0 Å². The van der Waals surface area contributed by atoms with Crippen molar-refractivity contribution in [2.75, 3.05) is 19.8 Å². The lowest BCUT2D eigenvalue weighted by molar-refractivity contribution is -0.342. The number of aliphatic hydroxyl groups excluding tert-OH is 10. The molecule has 15 nitrogen and oxygen atoms in total. The second kappa shape index (κ2) is 10.8. The van der Waals surface area contributed by atoms with Gasteiger partial charge in [0.05, 0.1) is 19.8 Å². The fourth-order valence-corrected chi connectivity index (χ4v) is 3.75. The van der Waals surface area contributed by atoms with E-state index in [1.807, 2.05) is 0 Å². The summed E-state index contributed by atoms with van der Waals surface area (Å²) in [6.45, 7) is -1.89. The number of hydrogen-bond acceptors (Lipinski definition) is 15. The average Bonchev–Trinajstić information content (AvgIpc) is 3.05. The van der Waals surface area contributed by atoms with E-state index in [1.54, 1.807) is 0 Å². The highest BCUT2D eigenvalue weighted by atomic mass is 16.7. The summed E-state index contributed by atoms with van der Waals surface area (Å²) in [6.07, 6.45) is -21.7. The van der Waals surface area contributed by atoms with Gasteiger partial charge in [-0.05, 0) is 0 Å². The molecular formula is C17H30O15. The Bertz CT molecular complexity index is 594. The standard InChI is InChI=1S/C17H30O15/c18-1-4-7(20)12(25)17(30-4)32-14-5(2-19)31-16(13(26)10(14)23)28-3-6-8(21)9(22)11(24)15(27)29-6/h4-27H,1-3H2. The molecule has 14 atom stereocenters. The molecule has 0 aromatic rings. The van der Waals surface area contributed by atoms with Gasteiger partial charge in [0.2, 0.25) is 0 Å². The lowest BCUT2D eigenvalue weighted by Gasteiger charge is -2.43. The normalized spacial score (nSPS) is 52.3. The summed E-state index contributed by atoms with van der Waals surface area (Å²) in [7, 11) is 0. The molecule has 188 valence electrons. The molecule has 0 radical (unpaired) electrons. The summed E-state index contributed by atoms with van der Waals surface area (Å²) in [5.74, 6) is 0. The van der Waals surface area contributed by atoms with Crippen LogP contribution in [0.15, 0.2) is 0 Å². The van der Waals surface area contributed by atoms with Crippen LogP contribution in [0.25, 0.3) is 0 Å². The maximum Gasteiger partial charge on any atom is 0.187 e. The number of hydrogen-bond donors (Lipinski definition) is 10. The predicted molar refractivity (Wildman–Crippen MR) is 95.2 cm³/mol. The molecule has 0 amide bonds. The molecule has 0 bridgehead atoms. The Morgan fingerprint density at radius 1 is 0.531 bits per heavy atom. The molecule has 0 aromatic carbocycles. The molecule has 0 aromatic heterocycles. The third-order valence-corrected chi connectivity index (χ3v) is 5.72. The molecule has 0 saturated carbocycles. The second-order valence-electron chi connectivity index (χ2n) is 7.88. The fourth-order valence-electron chi connectivity index (χ4n) is 3.75. The number of ether oxygens (including phenoxy) is 5. The molecule has 3 aliphatic rings. The van der Waals surface area contributed by atoms with E-state index in [9.17, 15) is 46.0 Å². The monoisotopic (exact) mass is 474 g/mol. The molecule has 15 heteroatoms. The summed E-state index contributed by atoms with van der Waals surface area (Å²) >= 11 is 0. The highest BCUT2D eigenvalue weighted by Gasteiger charge is 2.51. The van der Waals surface area contributed by atoms with E-state index in [-0.39, 0.29) is 0 Å². The van der Waals surface area contributed by atoms with Crippen molar-refractivity contribution in [2.45, 2.75) is 86.0 Å². The first-order valence-corrected chi connectivity index (χ1v) is 10.00. The molecule has 3 rings (SSSR count). The Labute approximate surface area is 181 Å². The van der Waals surface area contributed by atoms with Crippen LogP contribution < -0.4 is 0 Å². The Balaban J connectivity index is 1.60. The van der Waals surface area contributed by atoms with Crippen molar-refractivity contribution in [2.24, 2.45) is 0 Å². The first kappa shape index (κ1) is 26.0. The summed E-state index contributed by atoms with van der Waals surface area (Å²) in [4.78, 5) is 0. The molecule has 3 heterocycles. The van der Waals surface area contributed by atoms with Gasteiger partial charge in [0, 0.05) is 0 Å². The first-order valence-electron chi connectivity index (χ1n) is 10.00. The van der Waals surface area contributed by atoms with Crippen LogP contribution in [-0.4, -0.2) is 157 Å². The minimum atomic E-state index is -1.80. The molecule has 3 fully saturated rings. The van der Waals surface area contributed by atoms with Crippen molar-refractivity contribution < 1.29 is 74.7 Å². The smallest absolute Gasteiger partial charge is 0.187 e. The zero-order valence-electron chi connectivity index (χ0n) is 16.7. The van der Waals surface area contributed by atoms with Crippen molar-refractivity contribution in [3.05, 3.63) is 0 Å². The molecule has 0 aliphatic carbocycles. The van der Waals surface area contributed by atoms with Gasteiger partial charge in [-0.3, -0.25) is 0 Å². The topological polar surface area (TPSA) is 248 Å².